The van der Waals surface area contributed by atoms with E-state index in [4.69, 9.17) is 15.2 Å². The van der Waals surface area contributed by atoms with E-state index in [-0.39, 0.29) is 5.91 Å². The number of nitrogens with one attached hydrogen (secondary N) is 1. The molecule has 8 nitrogen and oxygen atoms in total. The second-order valence-corrected chi connectivity index (χ2v) is 7.43. The van der Waals surface area contributed by atoms with Gasteiger partial charge >= 0.3 is 0 Å². The largest absolute Gasteiger partial charge is 0.493 e. The number of benzene rings is 1. The maximum atomic E-state index is 12.4. The summed E-state index contributed by atoms with van der Waals surface area (Å²) in [5, 5.41) is 5.51. The molecule has 0 saturated carbocycles. The third kappa shape index (κ3) is 4.53. The molecule has 2 amide bonds. The third-order valence-electron chi connectivity index (χ3n) is 4.83. The Labute approximate surface area is 167 Å². The van der Waals surface area contributed by atoms with Crippen molar-refractivity contribution in [3.05, 3.63) is 34.8 Å². The first-order valence-corrected chi connectivity index (χ1v) is 9.90. The Kier molecular flexibility index (Phi) is 6.35. The van der Waals surface area contributed by atoms with E-state index in [0.717, 1.165) is 31.1 Å². The quantitative estimate of drug-likeness (QED) is 0.730. The maximum absolute atomic E-state index is 12.4. The number of methoxy groups -OCH3 is 2. The summed E-state index contributed by atoms with van der Waals surface area (Å²) in [6, 6.07) is 5.12. The average Bonchev–Trinajstić information content (AvgIpc) is 3.22. The SMILES string of the molecule is COc1ccc(C(=O)NCC2CCN(c3nc(C(N)=O)cs3)CC2)cc1OC. The van der Waals surface area contributed by atoms with Crippen molar-refractivity contribution in [2.75, 3.05) is 38.8 Å². The van der Waals surface area contributed by atoms with Gasteiger partial charge in [0.05, 0.1) is 14.2 Å². The van der Waals surface area contributed by atoms with E-state index < -0.39 is 5.91 Å². The molecule has 1 saturated heterocycles. The molecule has 2 heterocycles. The molecule has 0 atom stereocenters. The van der Waals surface area contributed by atoms with Crippen LogP contribution in [0.1, 0.15) is 33.7 Å². The maximum Gasteiger partial charge on any atom is 0.268 e. The van der Waals surface area contributed by atoms with E-state index >= 15 is 0 Å². The smallest absolute Gasteiger partial charge is 0.268 e. The highest BCUT2D eigenvalue weighted by atomic mass is 32.1. The summed E-state index contributed by atoms with van der Waals surface area (Å²) in [4.78, 5) is 30.1. The zero-order chi connectivity index (χ0) is 20.1. The van der Waals surface area contributed by atoms with Gasteiger partial charge in [-0.15, -0.1) is 11.3 Å². The topological polar surface area (TPSA) is 107 Å². The molecular weight excluding hydrogens is 380 g/mol. The van der Waals surface area contributed by atoms with Crippen molar-refractivity contribution in [3.63, 3.8) is 0 Å². The molecule has 0 bridgehead atoms. The number of piperidine rings is 1. The molecule has 2 aromatic rings. The van der Waals surface area contributed by atoms with Gasteiger partial charge in [-0.05, 0) is 37.0 Å². The fraction of sp³-hybridized carbons (Fsp3) is 0.421. The Morgan fingerprint density at radius 2 is 1.96 bits per heavy atom. The molecule has 9 heteroatoms. The fourth-order valence-electron chi connectivity index (χ4n) is 3.17. The normalized spacial score (nSPS) is 14.6. The van der Waals surface area contributed by atoms with Gasteiger partial charge in [-0.25, -0.2) is 4.98 Å². The van der Waals surface area contributed by atoms with Crippen molar-refractivity contribution in [3.8, 4) is 11.5 Å². The van der Waals surface area contributed by atoms with Crippen LogP contribution >= 0.6 is 11.3 Å². The Morgan fingerprint density at radius 3 is 2.57 bits per heavy atom. The number of hydrogen-bond acceptors (Lipinski definition) is 7. The van der Waals surface area contributed by atoms with Crippen LogP contribution in [0.25, 0.3) is 0 Å². The Morgan fingerprint density at radius 1 is 1.25 bits per heavy atom. The number of hydrogen-bond donors (Lipinski definition) is 2. The molecular formula is C19H24N4O4S. The summed E-state index contributed by atoms with van der Waals surface area (Å²) in [6.07, 6.45) is 1.88. The summed E-state index contributed by atoms with van der Waals surface area (Å²) < 4.78 is 10.4. The lowest BCUT2D eigenvalue weighted by atomic mass is 9.97. The van der Waals surface area contributed by atoms with Gasteiger partial charge in [0.25, 0.3) is 11.8 Å². The van der Waals surface area contributed by atoms with E-state index in [2.05, 4.69) is 15.2 Å². The first-order chi connectivity index (χ1) is 13.5. The fourth-order valence-corrected chi connectivity index (χ4v) is 4.04. The lowest BCUT2D eigenvalue weighted by Gasteiger charge is -2.31. The first kappa shape index (κ1) is 19.9. The van der Waals surface area contributed by atoms with E-state index in [0.29, 0.717) is 35.2 Å². The van der Waals surface area contributed by atoms with Crippen LogP contribution in [0.15, 0.2) is 23.6 Å². The van der Waals surface area contributed by atoms with Crippen LogP contribution in [-0.2, 0) is 0 Å². The van der Waals surface area contributed by atoms with Gasteiger partial charge in [-0.2, -0.15) is 0 Å². The predicted molar refractivity (Wildman–Crippen MR) is 107 cm³/mol. The lowest BCUT2D eigenvalue weighted by Crippen LogP contribution is -2.38. The van der Waals surface area contributed by atoms with Gasteiger partial charge in [0.1, 0.15) is 5.69 Å². The van der Waals surface area contributed by atoms with Gasteiger partial charge in [-0.3, -0.25) is 9.59 Å². The number of aromatic nitrogens is 1. The van der Waals surface area contributed by atoms with Gasteiger partial charge < -0.3 is 25.4 Å². The van der Waals surface area contributed by atoms with Crippen LogP contribution in [0.3, 0.4) is 0 Å². The van der Waals surface area contributed by atoms with Crippen LogP contribution < -0.4 is 25.4 Å². The number of carbonyl (C=O) groups is 2. The van der Waals surface area contributed by atoms with Crippen LogP contribution in [0.2, 0.25) is 0 Å². The van der Waals surface area contributed by atoms with Crippen LogP contribution in [0.5, 0.6) is 11.5 Å². The van der Waals surface area contributed by atoms with Gasteiger partial charge in [0, 0.05) is 30.6 Å². The number of anilines is 1. The summed E-state index contributed by atoms with van der Waals surface area (Å²) in [5.74, 6) is 0.885. The minimum absolute atomic E-state index is 0.130. The number of rotatable bonds is 7. The van der Waals surface area contributed by atoms with E-state index in [9.17, 15) is 9.59 Å². The molecule has 3 N–H and O–H groups in total. The Hall–Kier alpha value is -2.81. The highest BCUT2D eigenvalue weighted by molar-refractivity contribution is 7.13. The standard InChI is InChI=1S/C19H24N4O4S/c1-26-15-4-3-13(9-16(15)27-2)18(25)21-10-12-5-7-23(8-6-12)19-22-14(11-28-19)17(20)24/h3-4,9,11-12H,5-8,10H2,1-2H3,(H2,20,24)(H,21,25). The number of carbonyl (C=O) groups excluding carboxylic acids is 2. The Bertz CT molecular complexity index is 846. The van der Waals surface area contributed by atoms with Crippen molar-refractivity contribution in [1.82, 2.24) is 10.3 Å². The molecule has 0 radical (unpaired) electrons. The van der Waals surface area contributed by atoms with Crippen LogP contribution in [-0.4, -0.2) is 50.7 Å². The number of nitrogens with zero attached hydrogens (tertiary/aromatic N) is 2. The molecule has 150 valence electrons. The second kappa shape index (κ2) is 8.92. The molecule has 1 aromatic heterocycles. The molecule has 3 rings (SSSR count). The summed E-state index contributed by atoms with van der Waals surface area (Å²) in [6.45, 7) is 2.29. The van der Waals surface area contributed by atoms with Gasteiger partial charge in [-0.1, -0.05) is 0 Å². The van der Waals surface area contributed by atoms with Crippen molar-refractivity contribution >= 4 is 28.3 Å². The summed E-state index contributed by atoms with van der Waals surface area (Å²) in [5.41, 5.74) is 6.11. The number of primary amides is 1. The van der Waals surface area contributed by atoms with Gasteiger partial charge in [0.15, 0.2) is 16.6 Å². The monoisotopic (exact) mass is 404 g/mol. The molecule has 1 aliphatic heterocycles. The molecule has 1 aliphatic rings. The van der Waals surface area contributed by atoms with E-state index in [1.54, 1.807) is 37.8 Å². The molecule has 28 heavy (non-hydrogen) atoms. The molecule has 1 aromatic carbocycles. The molecule has 0 spiro atoms. The minimum Gasteiger partial charge on any atom is -0.493 e. The number of nitrogens with two attached hydrogens (primary N) is 1. The summed E-state index contributed by atoms with van der Waals surface area (Å²) >= 11 is 1.43. The van der Waals surface area contributed by atoms with Crippen molar-refractivity contribution < 1.29 is 19.1 Å². The number of ether oxygens (including phenoxy) is 2. The van der Waals surface area contributed by atoms with Crippen molar-refractivity contribution in [1.29, 1.82) is 0 Å². The average molecular weight is 404 g/mol. The first-order valence-electron chi connectivity index (χ1n) is 9.02. The second-order valence-electron chi connectivity index (χ2n) is 6.59. The zero-order valence-electron chi connectivity index (χ0n) is 15.9. The van der Waals surface area contributed by atoms with Crippen LogP contribution in [0.4, 0.5) is 5.13 Å². The molecule has 0 aliphatic carbocycles. The van der Waals surface area contributed by atoms with E-state index in [1.807, 2.05) is 0 Å². The summed E-state index contributed by atoms with van der Waals surface area (Å²) in [7, 11) is 3.10. The van der Waals surface area contributed by atoms with Crippen molar-refractivity contribution in [2.24, 2.45) is 11.7 Å². The minimum atomic E-state index is -0.504. The van der Waals surface area contributed by atoms with Crippen LogP contribution in [0, 0.1) is 5.92 Å². The highest BCUT2D eigenvalue weighted by Gasteiger charge is 2.22. The number of thiazole rings is 1. The molecule has 1 fully saturated rings. The Balaban J connectivity index is 1.49. The van der Waals surface area contributed by atoms with Crippen molar-refractivity contribution in [2.45, 2.75) is 12.8 Å². The highest BCUT2D eigenvalue weighted by Crippen LogP contribution is 2.28. The number of amides is 2. The van der Waals surface area contributed by atoms with Gasteiger partial charge in [0.2, 0.25) is 0 Å². The predicted octanol–water partition coefficient (Wildman–Crippen LogP) is 1.91. The molecule has 0 unspecified atom stereocenters. The third-order valence-corrected chi connectivity index (χ3v) is 5.73. The lowest BCUT2D eigenvalue weighted by molar-refractivity contribution is 0.0943. The zero-order valence-corrected chi connectivity index (χ0v) is 16.8. The van der Waals surface area contributed by atoms with E-state index in [1.165, 1.54) is 11.3 Å².